The predicted octanol–water partition coefficient (Wildman–Crippen LogP) is 6.85. The van der Waals surface area contributed by atoms with Crippen LogP contribution in [0.15, 0.2) is 87.9 Å². The van der Waals surface area contributed by atoms with Gasteiger partial charge in [0.25, 0.3) is 5.56 Å². The molecule has 3 N–H and O–H groups in total. The van der Waals surface area contributed by atoms with E-state index in [0.717, 1.165) is 30.0 Å². The molecule has 10 heteroatoms. The van der Waals surface area contributed by atoms with Crippen LogP contribution in [-0.2, 0) is 11.0 Å². The van der Waals surface area contributed by atoms with Gasteiger partial charge >= 0.3 is 6.18 Å². The highest BCUT2D eigenvalue weighted by Crippen LogP contribution is 2.43. The van der Waals surface area contributed by atoms with Gasteiger partial charge in [-0.3, -0.25) is 9.59 Å². The van der Waals surface area contributed by atoms with Gasteiger partial charge in [-0.25, -0.2) is 0 Å². The van der Waals surface area contributed by atoms with Crippen LogP contribution < -0.4 is 10.9 Å². The van der Waals surface area contributed by atoms with Crippen molar-refractivity contribution in [3.05, 3.63) is 94.3 Å². The van der Waals surface area contributed by atoms with Gasteiger partial charge < -0.3 is 15.4 Å². The molecule has 0 aliphatic rings. The minimum Gasteiger partial charge on any atom is -0.507 e. The van der Waals surface area contributed by atoms with E-state index in [1.54, 1.807) is 24.3 Å². The van der Waals surface area contributed by atoms with E-state index in [0.29, 0.717) is 10.6 Å². The van der Waals surface area contributed by atoms with Crippen LogP contribution in [0.5, 0.6) is 5.75 Å². The van der Waals surface area contributed by atoms with Crippen molar-refractivity contribution in [2.75, 3.05) is 5.32 Å². The Bertz CT molecular complexity index is 1520. The van der Waals surface area contributed by atoms with Crippen molar-refractivity contribution in [2.45, 2.75) is 16.0 Å². The number of phenolic OH excluding ortho intramolecular Hbond substituents is 1. The number of aromatic nitrogens is 1. The molecule has 3 aromatic carbocycles. The number of aromatic hydroxyl groups is 1. The van der Waals surface area contributed by atoms with E-state index >= 15 is 0 Å². The maximum Gasteiger partial charge on any atom is 0.416 e. The number of aromatic amines is 1. The number of halogens is 4. The number of anilines is 1. The molecule has 1 amide bonds. The third-order valence-electron chi connectivity index (χ3n) is 5.05. The summed E-state index contributed by atoms with van der Waals surface area (Å²) in [6.07, 6.45) is -3.49. The zero-order valence-corrected chi connectivity index (χ0v) is 19.3. The lowest BCUT2D eigenvalue weighted by Crippen LogP contribution is -2.12. The average Bonchev–Trinajstić information content (AvgIpc) is 2.81. The highest BCUT2D eigenvalue weighted by molar-refractivity contribution is 7.99. The third-order valence-corrected chi connectivity index (χ3v) is 6.39. The number of rotatable bonds is 5. The number of carbonyl (C=O) groups excluding carboxylic acids is 1. The lowest BCUT2D eigenvalue weighted by molar-refractivity contribution is -0.137. The van der Waals surface area contributed by atoms with E-state index in [1.165, 1.54) is 24.3 Å². The molecule has 35 heavy (non-hydrogen) atoms. The molecule has 0 saturated heterocycles. The number of amides is 1. The Balaban J connectivity index is 1.93. The maximum atomic E-state index is 13.5. The molecule has 5 nitrogen and oxygen atoms in total. The van der Waals surface area contributed by atoms with Gasteiger partial charge in [-0.15, -0.1) is 0 Å². The summed E-state index contributed by atoms with van der Waals surface area (Å²) >= 11 is 7.12. The second-order valence-electron chi connectivity index (χ2n) is 7.40. The molecule has 0 spiro atoms. The number of alkyl halides is 3. The molecule has 0 bridgehead atoms. The van der Waals surface area contributed by atoms with Crippen molar-refractivity contribution < 1.29 is 23.1 Å². The maximum absolute atomic E-state index is 13.5. The Morgan fingerprint density at radius 3 is 2.46 bits per heavy atom. The molecule has 1 heterocycles. The van der Waals surface area contributed by atoms with Gasteiger partial charge in [0, 0.05) is 37.6 Å². The number of pyridine rings is 1. The quantitative estimate of drug-likeness (QED) is 0.253. The molecule has 0 aliphatic carbocycles. The molecular formula is C25H16ClF3N2O3S. The van der Waals surface area contributed by atoms with Gasteiger partial charge in [0.05, 0.1) is 10.5 Å². The van der Waals surface area contributed by atoms with Crippen molar-refractivity contribution in [1.82, 2.24) is 4.98 Å². The number of H-pyrrole nitrogens is 1. The minimum absolute atomic E-state index is 0.0669. The molecule has 1 aromatic heterocycles. The Kier molecular flexibility index (Phi) is 6.64. The van der Waals surface area contributed by atoms with Crippen LogP contribution in [0, 0.1) is 0 Å². The summed E-state index contributed by atoms with van der Waals surface area (Å²) in [6.45, 7) is 3.38. The number of phenols is 1. The second kappa shape index (κ2) is 9.52. The summed E-state index contributed by atoms with van der Waals surface area (Å²) in [5, 5.41) is 13.5. The minimum atomic E-state index is -4.61. The van der Waals surface area contributed by atoms with Crippen LogP contribution in [-0.4, -0.2) is 16.0 Å². The smallest absolute Gasteiger partial charge is 0.416 e. The first-order valence-corrected chi connectivity index (χ1v) is 11.2. The Hall–Kier alpha value is -3.69. The largest absolute Gasteiger partial charge is 0.507 e. The number of carbonyl (C=O) groups is 1. The first-order valence-electron chi connectivity index (χ1n) is 10.0. The Morgan fingerprint density at radius 1 is 1.09 bits per heavy atom. The zero-order chi connectivity index (χ0) is 25.3. The summed E-state index contributed by atoms with van der Waals surface area (Å²) in [6, 6.07) is 13.6. The first kappa shape index (κ1) is 24.4. The summed E-state index contributed by atoms with van der Waals surface area (Å²) in [4.78, 5) is 27.8. The van der Waals surface area contributed by atoms with Crippen LogP contribution in [0.1, 0.15) is 5.56 Å². The van der Waals surface area contributed by atoms with E-state index in [4.69, 9.17) is 11.6 Å². The SMILES string of the molecule is C=CC(=O)Nc1ccc(Sc2c(-c3cc(Cl)ccc3O)c3cc(C(F)(F)F)ccc3[nH]c2=O)cc1. The number of hydrogen-bond donors (Lipinski definition) is 3. The van der Waals surface area contributed by atoms with Gasteiger partial charge in [0.15, 0.2) is 0 Å². The van der Waals surface area contributed by atoms with Crippen LogP contribution in [0.25, 0.3) is 22.0 Å². The van der Waals surface area contributed by atoms with E-state index in [2.05, 4.69) is 16.9 Å². The Morgan fingerprint density at radius 2 is 1.80 bits per heavy atom. The second-order valence-corrected chi connectivity index (χ2v) is 8.92. The molecule has 0 fully saturated rings. The van der Waals surface area contributed by atoms with Gasteiger partial charge in [0.1, 0.15) is 5.75 Å². The summed E-state index contributed by atoms with van der Waals surface area (Å²) in [5.74, 6) is -0.640. The molecule has 0 radical (unpaired) electrons. The van der Waals surface area contributed by atoms with E-state index < -0.39 is 23.2 Å². The molecule has 0 saturated carbocycles. The van der Waals surface area contributed by atoms with Crippen molar-refractivity contribution in [1.29, 1.82) is 0 Å². The normalized spacial score (nSPS) is 11.4. The monoisotopic (exact) mass is 516 g/mol. The first-order chi connectivity index (χ1) is 16.6. The van der Waals surface area contributed by atoms with Crippen LogP contribution in [0.3, 0.4) is 0 Å². The molecule has 0 unspecified atom stereocenters. The fourth-order valence-corrected chi connectivity index (χ4v) is 4.59. The molecule has 178 valence electrons. The molecule has 0 atom stereocenters. The van der Waals surface area contributed by atoms with Gasteiger partial charge in [-0.2, -0.15) is 13.2 Å². The van der Waals surface area contributed by atoms with E-state index in [-0.39, 0.29) is 37.7 Å². The van der Waals surface area contributed by atoms with Crippen LogP contribution in [0.4, 0.5) is 18.9 Å². The lowest BCUT2D eigenvalue weighted by atomic mass is 9.98. The summed E-state index contributed by atoms with van der Waals surface area (Å²) < 4.78 is 40.5. The molecule has 0 aliphatic heterocycles. The zero-order valence-electron chi connectivity index (χ0n) is 17.7. The summed E-state index contributed by atoms with van der Waals surface area (Å²) in [5.41, 5.74) is -0.564. The molecular weight excluding hydrogens is 501 g/mol. The van der Waals surface area contributed by atoms with Crippen LogP contribution >= 0.6 is 23.4 Å². The number of hydrogen-bond acceptors (Lipinski definition) is 4. The van der Waals surface area contributed by atoms with Crippen molar-refractivity contribution in [3.8, 4) is 16.9 Å². The summed E-state index contributed by atoms with van der Waals surface area (Å²) in [7, 11) is 0. The number of benzene rings is 3. The Labute approximate surface area is 206 Å². The molecule has 4 aromatic rings. The number of nitrogens with one attached hydrogen (secondary N) is 2. The average molecular weight is 517 g/mol. The van der Waals surface area contributed by atoms with Crippen molar-refractivity contribution >= 4 is 45.9 Å². The number of fused-ring (bicyclic) bond motifs is 1. The van der Waals surface area contributed by atoms with Crippen molar-refractivity contribution in [3.63, 3.8) is 0 Å². The fourth-order valence-electron chi connectivity index (χ4n) is 3.44. The van der Waals surface area contributed by atoms with E-state index in [9.17, 15) is 27.9 Å². The topological polar surface area (TPSA) is 82.2 Å². The predicted molar refractivity (Wildman–Crippen MR) is 131 cm³/mol. The highest BCUT2D eigenvalue weighted by Gasteiger charge is 2.31. The third kappa shape index (κ3) is 5.21. The van der Waals surface area contributed by atoms with Crippen molar-refractivity contribution in [2.24, 2.45) is 0 Å². The van der Waals surface area contributed by atoms with Gasteiger partial charge in [0.2, 0.25) is 5.91 Å². The lowest BCUT2D eigenvalue weighted by Gasteiger charge is -2.16. The van der Waals surface area contributed by atoms with Gasteiger partial charge in [-0.1, -0.05) is 29.9 Å². The molecule has 4 rings (SSSR count). The fraction of sp³-hybridized carbons (Fsp3) is 0.0400. The highest BCUT2D eigenvalue weighted by atomic mass is 35.5. The standard InChI is InChI=1S/C25H16ClF3N2O3S/c1-2-21(33)30-15-5-7-16(8-6-15)35-23-22(18-12-14(26)4-10-20(18)32)17-11-13(25(27,28)29)3-9-19(17)31-24(23)34/h2-12,32H,1H2,(H,30,33)(H,31,34). The van der Waals surface area contributed by atoms with Gasteiger partial charge in [-0.05, 0) is 66.7 Å². The van der Waals surface area contributed by atoms with Crippen LogP contribution in [0.2, 0.25) is 5.02 Å². The van der Waals surface area contributed by atoms with E-state index in [1.807, 2.05) is 0 Å².